The molecule has 2 aromatic heterocycles. The van der Waals surface area contributed by atoms with Crippen molar-refractivity contribution >= 4 is 11.4 Å². The standard InChI is InChI=1S/C17H15N5O3/c23-22(24)15-10-12(5-6-14(15)21-8-1-2-9-21)16-19-17(25-20-16)13-4-3-7-18-11-13/h3-7,10-11H,1-2,8-9H2. The molecular weight excluding hydrogens is 322 g/mol. The van der Waals surface area contributed by atoms with Gasteiger partial charge in [-0.1, -0.05) is 5.16 Å². The zero-order valence-corrected chi connectivity index (χ0v) is 13.3. The monoisotopic (exact) mass is 337 g/mol. The molecule has 126 valence electrons. The summed E-state index contributed by atoms with van der Waals surface area (Å²) in [5.41, 5.74) is 1.95. The first kappa shape index (κ1) is 15.3. The third kappa shape index (κ3) is 2.93. The molecule has 1 aromatic carbocycles. The van der Waals surface area contributed by atoms with Crippen molar-refractivity contribution in [2.45, 2.75) is 12.8 Å². The van der Waals surface area contributed by atoms with Gasteiger partial charge in [0.1, 0.15) is 5.69 Å². The summed E-state index contributed by atoms with van der Waals surface area (Å²) in [5.74, 6) is 0.643. The van der Waals surface area contributed by atoms with Crippen molar-refractivity contribution in [3.63, 3.8) is 0 Å². The van der Waals surface area contributed by atoms with Gasteiger partial charge in [0.05, 0.1) is 10.5 Å². The van der Waals surface area contributed by atoms with E-state index in [0.717, 1.165) is 25.9 Å². The minimum absolute atomic E-state index is 0.0622. The number of anilines is 1. The first-order chi connectivity index (χ1) is 12.2. The van der Waals surface area contributed by atoms with E-state index in [2.05, 4.69) is 15.1 Å². The average Bonchev–Trinajstić information content (AvgIpc) is 3.34. The average molecular weight is 337 g/mol. The zero-order chi connectivity index (χ0) is 17.2. The van der Waals surface area contributed by atoms with Crippen molar-refractivity contribution in [3.05, 3.63) is 52.8 Å². The molecule has 3 heterocycles. The summed E-state index contributed by atoms with van der Waals surface area (Å²) in [6.07, 6.45) is 5.38. The van der Waals surface area contributed by atoms with E-state index in [9.17, 15) is 10.1 Å². The molecule has 0 amide bonds. The van der Waals surface area contributed by atoms with Crippen LogP contribution >= 0.6 is 0 Å². The molecule has 0 aliphatic carbocycles. The molecule has 4 rings (SSSR count). The van der Waals surface area contributed by atoms with Gasteiger partial charge in [-0.25, -0.2) is 0 Å². The Balaban J connectivity index is 1.70. The minimum Gasteiger partial charge on any atom is -0.366 e. The van der Waals surface area contributed by atoms with Crippen LogP contribution in [0.4, 0.5) is 11.4 Å². The number of aromatic nitrogens is 3. The number of pyridine rings is 1. The van der Waals surface area contributed by atoms with Crippen molar-refractivity contribution in [2.24, 2.45) is 0 Å². The van der Waals surface area contributed by atoms with Crippen LogP contribution in [-0.4, -0.2) is 33.1 Å². The molecule has 0 saturated carbocycles. The van der Waals surface area contributed by atoms with Crippen molar-refractivity contribution in [1.82, 2.24) is 15.1 Å². The number of nitrogens with zero attached hydrogens (tertiary/aromatic N) is 5. The number of nitro groups is 1. The smallest absolute Gasteiger partial charge is 0.293 e. The van der Waals surface area contributed by atoms with Crippen LogP contribution < -0.4 is 4.90 Å². The molecule has 1 aliphatic heterocycles. The third-order valence-electron chi connectivity index (χ3n) is 4.21. The molecule has 8 nitrogen and oxygen atoms in total. The number of benzene rings is 1. The molecule has 0 bridgehead atoms. The summed E-state index contributed by atoms with van der Waals surface area (Å²) < 4.78 is 5.25. The Kier molecular flexibility index (Phi) is 3.85. The predicted molar refractivity (Wildman–Crippen MR) is 91.1 cm³/mol. The lowest BCUT2D eigenvalue weighted by atomic mass is 10.1. The fourth-order valence-corrected chi connectivity index (χ4v) is 2.98. The van der Waals surface area contributed by atoms with Gasteiger partial charge in [0, 0.05) is 37.1 Å². The lowest BCUT2D eigenvalue weighted by Gasteiger charge is -2.17. The quantitative estimate of drug-likeness (QED) is 0.532. The van der Waals surface area contributed by atoms with Gasteiger partial charge in [-0.15, -0.1) is 0 Å². The van der Waals surface area contributed by atoms with E-state index in [1.54, 1.807) is 30.6 Å². The van der Waals surface area contributed by atoms with Gasteiger partial charge in [-0.3, -0.25) is 15.1 Å². The van der Waals surface area contributed by atoms with Crippen LogP contribution in [0.15, 0.2) is 47.2 Å². The van der Waals surface area contributed by atoms with Crippen LogP contribution in [0.1, 0.15) is 12.8 Å². The van der Waals surface area contributed by atoms with E-state index in [-0.39, 0.29) is 10.6 Å². The van der Waals surface area contributed by atoms with Crippen molar-refractivity contribution in [1.29, 1.82) is 0 Å². The maximum atomic E-state index is 11.5. The first-order valence-electron chi connectivity index (χ1n) is 8.00. The lowest BCUT2D eigenvalue weighted by Crippen LogP contribution is -2.18. The Morgan fingerprint density at radius 2 is 2.00 bits per heavy atom. The molecule has 0 spiro atoms. The highest BCUT2D eigenvalue weighted by Gasteiger charge is 2.24. The van der Waals surface area contributed by atoms with E-state index < -0.39 is 0 Å². The second-order valence-corrected chi connectivity index (χ2v) is 5.82. The molecule has 25 heavy (non-hydrogen) atoms. The number of nitro benzene ring substituents is 1. The van der Waals surface area contributed by atoms with Crippen LogP contribution in [0, 0.1) is 10.1 Å². The van der Waals surface area contributed by atoms with Crippen LogP contribution in [0.2, 0.25) is 0 Å². The van der Waals surface area contributed by atoms with Crippen LogP contribution in [0.25, 0.3) is 22.8 Å². The van der Waals surface area contributed by atoms with Gasteiger partial charge in [0.2, 0.25) is 5.82 Å². The Morgan fingerprint density at radius 3 is 2.72 bits per heavy atom. The fraction of sp³-hybridized carbons (Fsp3) is 0.235. The Bertz CT molecular complexity index is 904. The Hall–Kier alpha value is -3.29. The van der Waals surface area contributed by atoms with E-state index in [0.29, 0.717) is 28.5 Å². The fourth-order valence-electron chi connectivity index (χ4n) is 2.98. The summed E-state index contributed by atoms with van der Waals surface area (Å²) in [6.45, 7) is 1.68. The van der Waals surface area contributed by atoms with E-state index in [4.69, 9.17) is 4.52 Å². The van der Waals surface area contributed by atoms with Crippen molar-refractivity contribution in [3.8, 4) is 22.8 Å². The molecule has 0 N–H and O–H groups in total. The molecule has 1 fully saturated rings. The Labute approximate surface area is 143 Å². The molecule has 0 radical (unpaired) electrons. The molecular formula is C17H15N5O3. The van der Waals surface area contributed by atoms with Crippen LogP contribution in [-0.2, 0) is 0 Å². The molecule has 3 aromatic rings. The zero-order valence-electron chi connectivity index (χ0n) is 13.3. The first-order valence-corrected chi connectivity index (χ1v) is 8.00. The molecule has 1 saturated heterocycles. The number of hydrogen-bond acceptors (Lipinski definition) is 7. The number of hydrogen-bond donors (Lipinski definition) is 0. The maximum absolute atomic E-state index is 11.5. The minimum atomic E-state index is -0.362. The Morgan fingerprint density at radius 1 is 1.16 bits per heavy atom. The van der Waals surface area contributed by atoms with Crippen molar-refractivity contribution < 1.29 is 9.45 Å². The second kappa shape index (κ2) is 6.31. The SMILES string of the molecule is O=[N+]([O-])c1cc(-c2noc(-c3cccnc3)n2)ccc1N1CCCC1. The van der Waals surface area contributed by atoms with E-state index in [1.165, 1.54) is 6.07 Å². The highest BCUT2D eigenvalue weighted by Crippen LogP contribution is 2.34. The molecule has 1 aliphatic rings. The van der Waals surface area contributed by atoms with E-state index >= 15 is 0 Å². The molecule has 8 heteroatoms. The van der Waals surface area contributed by atoms with Gasteiger partial charge in [-0.2, -0.15) is 4.98 Å². The summed E-state index contributed by atoms with van der Waals surface area (Å²) >= 11 is 0. The van der Waals surface area contributed by atoms with Gasteiger partial charge in [0.25, 0.3) is 11.6 Å². The highest BCUT2D eigenvalue weighted by molar-refractivity contribution is 5.72. The summed E-state index contributed by atoms with van der Waals surface area (Å²) in [5, 5.41) is 15.4. The number of rotatable bonds is 4. The van der Waals surface area contributed by atoms with E-state index in [1.807, 2.05) is 11.0 Å². The largest absolute Gasteiger partial charge is 0.366 e. The third-order valence-corrected chi connectivity index (χ3v) is 4.21. The van der Waals surface area contributed by atoms with Gasteiger partial charge >= 0.3 is 0 Å². The lowest BCUT2D eigenvalue weighted by molar-refractivity contribution is -0.384. The molecule has 0 atom stereocenters. The van der Waals surface area contributed by atoms with Crippen molar-refractivity contribution in [2.75, 3.05) is 18.0 Å². The summed E-state index contributed by atoms with van der Waals surface area (Å²) in [4.78, 5) is 21.5. The van der Waals surface area contributed by atoms with Gasteiger partial charge < -0.3 is 9.42 Å². The van der Waals surface area contributed by atoms with Gasteiger partial charge in [0.15, 0.2) is 0 Å². The predicted octanol–water partition coefficient (Wildman–Crippen LogP) is 3.31. The topological polar surface area (TPSA) is 98.2 Å². The summed E-state index contributed by atoms with van der Waals surface area (Å²) in [6, 6.07) is 8.64. The van der Waals surface area contributed by atoms with Crippen LogP contribution in [0.3, 0.4) is 0 Å². The molecule has 0 unspecified atom stereocenters. The maximum Gasteiger partial charge on any atom is 0.293 e. The summed E-state index contributed by atoms with van der Waals surface area (Å²) in [7, 11) is 0. The van der Waals surface area contributed by atoms with Crippen LogP contribution in [0.5, 0.6) is 0 Å². The van der Waals surface area contributed by atoms with Gasteiger partial charge in [-0.05, 0) is 37.1 Å². The second-order valence-electron chi connectivity index (χ2n) is 5.82. The highest BCUT2D eigenvalue weighted by atomic mass is 16.6. The normalized spacial score (nSPS) is 14.0.